The zero-order valence-corrected chi connectivity index (χ0v) is 11.6. The van der Waals surface area contributed by atoms with Gasteiger partial charge in [0.25, 0.3) is 0 Å². The van der Waals surface area contributed by atoms with Crippen LogP contribution in [0, 0.1) is 5.92 Å². The number of ether oxygens (including phenoxy) is 1. The van der Waals surface area contributed by atoms with Crippen molar-refractivity contribution in [3.63, 3.8) is 0 Å². The van der Waals surface area contributed by atoms with Crippen LogP contribution in [0.5, 0.6) is 0 Å². The molecule has 1 saturated heterocycles. The Morgan fingerprint density at radius 3 is 2.61 bits per heavy atom. The summed E-state index contributed by atoms with van der Waals surface area (Å²) in [5.41, 5.74) is 0. The van der Waals surface area contributed by atoms with Gasteiger partial charge in [-0.05, 0) is 37.9 Å². The van der Waals surface area contributed by atoms with Gasteiger partial charge in [0, 0.05) is 19.1 Å². The molecule has 5 heteroatoms. The fourth-order valence-corrected chi connectivity index (χ4v) is 2.82. The lowest BCUT2D eigenvalue weighted by atomic mass is 9.89. The quantitative estimate of drug-likeness (QED) is 0.767. The molecule has 0 unspecified atom stereocenters. The second-order valence-corrected chi connectivity index (χ2v) is 5.58. The molecule has 0 spiro atoms. The number of carbonyl (C=O) groups is 1. The van der Waals surface area contributed by atoms with Crippen LogP contribution in [-0.2, 0) is 9.53 Å². The number of hydrogen-bond acceptors (Lipinski definition) is 3. The summed E-state index contributed by atoms with van der Waals surface area (Å²) in [6.07, 6.45) is 8.02. The van der Waals surface area contributed by atoms with Crippen molar-refractivity contribution in [2.24, 2.45) is 5.92 Å². The van der Waals surface area contributed by atoms with E-state index in [-0.39, 0.29) is 17.9 Å². The molecule has 0 aromatic rings. The Kier molecular flexibility index (Phi) is 5.38. The van der Waals surface area contributed by atoms with Crippen molar-refractivity contribution in [1.82, 2.24) is 10.6 Å². The molecule has 0 aromatic heterocycles. The third-order valence-electron chi connectivity index (χ3n) is 3.73. The third kappa shape index (κ3) is 4.21. The molecular weight excluding hydrogens is 248 g/mol. The SMILES string of the molecule is O=C(NC(=S)NC[C@H]1CCCO1)C1CCCCC1. The minimum absolute atomic E-state index is 0.0829. The highest BCUT2D eigenvalue weighted by molar-refractivity contribution is 7.80. The van der Waals surface area contributed by atoms with E-state index < -0.39 is 0 Å². The van der Waals surface area contributed by atoms with Crippen molar-refractivity contribution in [1.29, 1.82) is 0 Å². The molecular formula is C13H22N2O2S. The minimum atomic E-state index is 0.0829. The van der Waals surface area contributed by atoms with E-state index in [0.717, 1.165) is 45.1 Å². The predicted molar refractivity (Wildman–Crippen MR) is 74.3 cm³/mol. The summed E-state index contributed by atoms with van der Waals surface area (Å²) in [5, 5.41) is 6.31. The first-order valence-corrected chi connectivity index (χ1v) is 7.37. The number of carbonyl (C=O) groups excluding carboxylic acids is 1. The normalized spacial score (nSPS) is 24.8. The van der Waals surface area contributed by atoms with E-state index in [2.05, 4.69) is 10.6 Å². The summed E-state index contributed by atoms with van der Waals surface area (Å²) in [7, 11) is 0. The molecule has 1 atom stereocenters. The molecule has 18 heavy (non-hydrogen) atoms. The highest BCUT2D eigenvalue weighted by atomic mass is 32.1. The Hall–Kier alpha value is -0.680. The summed E-state index contributed by atoms with van der Waals surface area (Å²) in [5.74, 6) is 0.237. The van der Waals surface area contributed by atoms with Gasteiger partial charge in [0.1, 0.15) is 0 Å². The lowest BCUT2D eigenvalue weighted by molar-refractivity contribution is -0.124. The van der Waals surface area contributed by atoms with Crippen LogP contribution in [0.15, 0.2) is 0 Å². The first-order chi connectivity index (χ1) is 8.75. The zero-order valence-electron chi connectivity index (χ0n) is 10.7. The van der Waals surface area contributed by atoms with Crippen LogP contribution in [0.4, 0.5) is 0 Å². The van der Waals surface area contributed by atoms with Crippen LogP contribution in [0.25, 0.3) is 0 Å². The topological polar surface area (TPSA) is 50.4 Å². The summed E-state index contributed by atoms with van der Waals surface area (Å²) in [6.45, 7) is 1.54. The van der Waals surface area contributed by atoms with Gasteiger partial charge < -0.3 is 15.4 Å². The fraction of sp³-hybridized carbons (Fsp3) is 0.846. The smallest absolute Gasteiger partial charge is 0.229 e. The molecule has 1 aliphatic carbocycles. The summed E-state index contributed by atoms with van der Waals surface area (Å²) in [6, 6.07) is 0. The average Bonchev–Trinajstić information content (AvgIpc) is 2.90. The van der Waals surface area contributed by atoms with E-state index in [1.54, 1.807) is 0 Å². The van der Waals surface area contributed by atoms with Crippen molar-refractivity contribution in [3.8, 4) is 0 Å². The van der Waals surface area contributed by atoms with Crippen molar-refractivity contribution in [2.75, 3.05) is 13.2 Å². The molecule has 1 amide bonds. The molecule has 1 saturated carbocycles. The summed E-state index contributed by atoms with van der Waals surface area (Å²) >= 11 is 5.14. The minimum Gasteiger partial charge on any atom is -0.376 e. The highest BCUT2D eigenvalue weighted by Gasteiger charge is 2.22. The first kappa shape index (κ1) is 13.7. The number of nitrogens with one attached hydrogen (secondary N) is 2. The van der Waals surface area contributed by atoms with Gasteiger partial charge in [-0.3, -0.25) is 4.79 Å². The van der Waals surface area contributed by atoms with Crippen LogP contribution < -0.4 is 10.6 Å². The highest BCUT2D eigenvalue weighted by Crippen LogP contribution is 2.23. The first-order valence-electron chi connectivity index (χ1n) is 6.96. The van der Waals surface area contributed by atoms with Crippen molar-refractivity contribution < 1.29 is 9.53 Å². The van der Waals surface area contributed by atoms with Gasteiger partial charge >= 0.3 is 0 Å². The van der Waals surface area contributed by atoms with Crippen LogP contribution in [0.1, 0.15) is 44.9 Å². The van der Waals surface area contributed by atoms with Crippen molar-refractivity contribution >= 4 is 23.2 Å². The van der Waals surface area contributed by atoms with Gasteiger partial charge in [0.05, 0.1) is 6.10 Å². The Bertz CT molecular complexity index is 297. The van der Waals surface area contributed by atoms with Crippen molar-refractivity contribution in [3.05, 3.63) is 0 Å². The maximum absolute atomic E-state index is 11.9. The molecule has 2 aliphatic rings. The second-order valence-electron chi connectivity index (χ2n) is 5.17. The zero-order chi connectivity index (χ0) is 12.8. The maximum Gasteiger partial charge on any atom is 0.229 e. The molecule has 2 N–H and O–H groups in total. The molecule has 0 radical (unpaired) electrons. The number of thiocarbonyl (C=S) groups is 1. The van der Waals surface area contributed by atoms with E-state index >= 15 is 0 Å². The van der Waals surface area contributed by atoms with Gasteiger partial charge in [-0.15, -0.1) is 0 Å². The second kappa shape index (κ2) is 7.04. The van der Waals surface area contributed by atoms with E-state index in [4.69, 9.17) is 17.0 Å². The van der Waals surface area contributed by atoms with E-state index in [1.165, 1.54) is 6.42 Å². The lowest BCUT2D eigenvalue weighted by Crippen LogP contribution is -2.44. The van der Waals surface area contributed by atoms with Gasteiger partial charge in [-0.2, -0.15) is 0 Å². The fourth-order valence-electron chi connectivity index (χ4n) is 2.63. The predicted octanol–water partition coefficient (Wildman–Crippen LogP) is 1.74. The molecule has 0 bridgehead atoms. The van der Waals surface area contributed by atoms with E-state index in [0.29, 0.717) is 11.7 Å². The Balaban J connectivity index is 1.64. The van der Waals surface area contributed by atoms with Crippen LogP contribution in [0.3, 0.4) is 0 Å². The van der Waals surface area contributed by atoms with Gasteiger partial charge in [-0.1, -0.05) is 19.3 Å². The average molecular weight is 270 g/mol. The largest absolute Gasteiger partial charge is 0.376 e. The number of amides is 1. The standard InChI is InChI=1S/C13H22N2O2S/c16-12(10-5-2-1-3-6-10)15-13(18)14-9-11-7-4-8-17-11/h10-11H,1-9H2,(H2,14,15,16,18)/t11-/m1/s1. The molecule has 1 heterocycles. The molecule has 102 valence electrons. The summed E-state index contributed by atoms with van der Waals surface area (Å²) < 4.78 is 5.49. The van der Waals surface area contributed by atoms with Gasteiger partial charge in [0.2, 0.25) is 5.91 Å². The monoisotopic (exact) mass is 270 g/mol. The number of rotatable bonds is 3. The van der Waals surface area contributed by atoms with Gasteiger partial charge in [0.15, 0.2) is 5.11 Å². The van der Waals surface area contributed by atoms with Gasteiger partial charge in [-0.25, -0.2) is 0 Å². The van der Waals surface area contributed by atoms with Crippen LogP contribution >= 0.6 is 12.2 Å². The Morgan fingerprint density at radius 1 is 1.17 bits per heavy atom. The molecule has 2 rings (SSSR count). The number of hydrogen-bond donors (Lipinski definition) is 2. The molecule has 2 fully saturated rings. The lowest BCUT2D eigenvalue weighted by Gasteiger charge is -2.21. The van der Waals surface area contributed by atoms with Crippen LogP contribution in [0.2, 0.25) is 0 Å². The molecule has 1 aliphatic heterocycles. The molecule has 0 aromatic carbocycles. The third-order valence-corrected chi connectivity index (χ3v) is 3.97. The summed E-state index contributed by atoms with van der Waals surface area (Å²) in [4.78, 5) is 11.9. The van der Waals surface area contributed by atoms with E-state index in [9.17, 15) is 4.79 Å². The van der Waals surface area contributed by atoms with E-state index in [1.807, 2.05) is 0 Å². The maximum atomic E-state index is 11.9. The molecule has 4 nitrogen and oxygen atoms in total. The van der Waals surface area contributed by atoms with Crippen molar-refractivity contribution in [2.45, 2.75) is 51.0 Å². The van der Waals surface area contributed by atoms with Crippen LogP contribution in [-0.4, -0.2) is 30.3 Å². The Labute approximate surface area is 114 Å². The Morgan fingerprint density at radius 2 is 1.94 bits per heavy atom.